The third-order valence-electron chi connectivity index (χ3n) is 2.54. The van der Waals surface area contributed by atoms with Gasteiger partial charge in [-0.3, -0.25) is 0 Å². The summed E-state index contributed by atoms with van der Waals surface area (Å²) in [4.78, 5) is 3.88. The maximum atomic E-state index is 12.9. The van der Waals surface area contributed by atoms with Crippen molar-refractivity contribution in [2.24, 2.45) is 5.73 Å². The molecule has 1 aromatic rings. The van der Waals surface area contributed by atoms with Crippen LogP contribution in [0.2, 0.25) is 0 Å². The number of rotatable bonds is 4. The van der Waals surface area contributed by atoms with Gasteiger partial charge in [0.1, 0.15) is 12.4 Å². The van der Waals surface area contributed by atoms with Gasteiger partial charge in [-0.05, 0) is 18.9 Å². The monoisotopic (exact) mass is 226 g/mol. The molecule has 0 aliphatic carbocycles. The normalized spacial score (nSPS) is 20.0. The predicted octanol–water partition coefficient (Wildman–Crippen LogP) is 1.24. The molecule has 1 aromatic heterocycles. The molecule has 0 saturated carbocycles. The molecule has 0 spiro atoms. The molecular weight excluding hydrogens is 211 g/mol. The van der Waals surface area contributed by atoms with Crippen molar-refractivity contribution in [2.75, 3.05) is 13.2 Å². The molecule has 2 N–H and O–H groups in total. The van der Waals surface area contributed by atoms with Gasteiger partial charge in [-0.15, -0.1) is 0 Å². The van der Waals surface area contributed by atoms with Crippen LogP contribution >= 0.6 is 0 Å². The Hall–Kier alpha value is -1.20. The van der Waals surface area contributed by atoms with Crippen LogP contribution in [0.1, 0.15) is 18.4 Å². The van der Waals surface area contributed by atoms with Crippen molar-refractivity contribution in [3.05, 3.63) is 23.6 Å². The largest absolute Gasteiger partial charge is 0.475 e. The Bertz CT molecular complexity index is 354. The number of aromatic nitrogens is 1. The van der Waals surface area contributed by atoms with E-state index in [-0.39, 0.29) is 12.6 Å². The minimum Gasteiger partial charge on any atom is -0.475 e. The van der Waals surface area contributed by atoms with E-state index in [0.29, 0.717) is 18.1 Å². The van der Waals surface area contributed by atoms with Gasteiger partial charge < -0.3 is 15.2 Å². The van der Waals surface area contributed by atoms with E-state index in [1.165, 1.54) is 6.07 Å². The van der Waals surface area contributed by atoms with Crippen LogP contribution in [-0.4, -0.2) is 24.3 Å². The maximum absolute atomic E-state index is 12.9. The van der Waals surface area contributed by atoms with Gasteiger partial charge in [0.25, 0.3) is 0 Å². The molecule has 16 heavy (non-hydrogen) atoms. The quantitative estimate of drug-likeness (QED) is 0.839. The predicted molar refractivity (Wildman–Crippen MR) is 56.6 cm³/mol. The number of nitrogens with two attached hydrogens (primary N) is 1. The van der Waals surface area contributed by atoms with Gasteiger partial charge in [-0.2, -0.15) is 0 Å². The zero-order valence-corrected chi connectivity index (χ0v) is 8.99. The molecule has 1 aliphatic rings. The Morgan fingerprint density at radius 3 is 3.19 bits per heavy atom. The fourth-order valence-electron chi connectivity index (χ4n) is 1.69. The summed E-state index contributed by atoms with van der Waals surface area (Å²) < 4.78 is 23.8. The summed E-state index contributed by atoms with van der Waals surface area (Å²) in [5.41, 5.74) is 6.07. The van der Waals surface area contributed by atoms with Crippen molar-refractivity contribution in [1.82, 2.24) is 4.98 Å². The van der Waals surface area contributed by atoms with E-state index in [9.17, 15) is 4.39 Å². The Kier molecular flexibility index (Phi) is 3.69. The minimum absolute atomic E-state index is 0.123. The highest BCUT2D eigenvalue weighted by Gasteiger charge is 2.17. The molecule has 0 aromatic carbocycles. The molecule has 1 unspecified atom stereocenters. The van der Waals surface area contributed by atoms with Crippen LogP contribution in [-0.2, 0) is 11.3 Å². The molecule has 1 fully saturated rings. The second kappa shape index (κ2) is 5.23. The van der Waals surface area contributed by atoms with E-state index in [1.54, 1.807) is 0 Å². The summed E-state index contributed by atoms with van der Waals surface area (Å²) in [7, 11) is 0. The first-order valence-corrected chi connectivity index (χ1v) is 5.38. The number of hydrogen-bond donors (Lipinski definition) is 1. The van der Waals surface area contributed by atoms with E-state index < -0.39 is 5.82 Å². The summed E-state index contributed by atoms with van der Waals surface area (Å²) in [5, 5.41) is 0. The number of hydrogen-bond acceptors (Lipinski definition) is 4. The Morgan fingerprint density at radius 1 is 1.62 bits per heavy atom. The van der Waals surface area contributed by atoms with E-state index in [0.717, 1.165) is 25.6 Å². The smallest absolute Gasteiger partial charge is 0.218 e. The topological polar surface area (TPSA) is 57.4 Å². The zero-order valence-electron chi connectivity index (χ0n) is 8.99. The first-order chi connectivity index (χ1) is 7.79. The van der Waals surface area contributed by atoms with Crippen LogP contribution in [0.5, 0.6) is 5.88 Å². The van der Waals surface area contributed by atoms with E-state index >= 15 is 0 Å². The van der Waals surface area contributed by atoms with Crippen molar-refractivity contribution < 1.29 is 13.9 Å². The molecule has 0 amide bonds. The van der Waals surface area contributed by atoms with Gasteiger partial charge in [0.2, 0.25) is 5.88 Å². The van der Waals surface area contributed by atoms with Gasteiger partial charge in [0, 0.05) is 18.7 Å². The first kappa shape index (κ1) is 11.3. The first-order valence-electron chi connectivity index (χ1n) is 5.38. The van der Waals surface area contributed by atoms with Crippen molar-refractivity contribution in [2.45, 2.75) is 25.5 Å². The van der Waals surface area contributed by atoms with E-state index in [4.69, 9.17) is 15.2 Å². The molecule has 1 atom stereocenters. The highest BCUT2D eigenvalue weighted by atomic mass is 19.1. The summed E-state index contributed by atoms with van der Waals surface area (Å²) in [6.07, 6.45) is 3.31. The summed E-state index contributed by atoms with van der Waals surface area (Å²) in [5.74, 6) is 0.00400. The summed E-state index contributed by atoms with van der Waals surface area (Å²) in [6, 6.07) is 1.35. The van der Waals surface area contributed by atoms with Crippen LogP contribution in [0.3, 0.4) is 0 Å². The molecule has 2 heterocycles. The molecular formula is C11H15FN2O2. The third-order valence-corrected chi connectivity index (χ3v) is 2.54. The molecule has 1 saturated heterocycles. The lowest BCUT2D eigenvalue weighted by atomic mass is 10.2. The highest BCUT2D eigenvalue weighted by Crippen LogP contribution is 2.18. The Balaban J connectivity index is 1.97. The van der Waals surface area contributed by atoms with E-state index in [1.807, 2.05) is 0 Å². The number of pyridine rings is 1. The lowest BCUT2D eigenvalue weighted by molar-refractivity contribution is 0.0659. The number of halogens is 1. The zero-order chi connectivity index (χ0) is 11.4. The van der Waals surface area contributed by atoms with Crippen molar-refractivity contribution >= 4 is 0 Å². The van der Waals surface area contributed by atoms with Gasteiger partial charge in [-0.1, -0.05) is 0 Å². The van der Waals surface area contributed by atoms with Crippen molar-refractivity contribution in [3.8, 4) is 5.88 Å². The van der Waals surface area contributed by atoms with Gasteiger partial charge in [0.05, 0.1) is 12.3 Å². The van der Waals surface area contributed by atoms with Crippen molar-refractivity contribution in [3.63, 3.8) is 0 Å². The number of ether oxygens (including phenoxy) is 2. The molecule has 1 aliphatic heterocycles. The minimum atomic E-state index is -0.398. The Labute approximate surface area is 93.6 Å². The van der Waals surface area contributed by atoms with Gasteiger partial charge in [-0.25, -0.2) is 9.37 Å². The summed E-state index contributed by atoms with van der Waals surface area (Å²) >= 11 is 0. The summed E-state index contributed by atoms with van der Waals surface area (Å²) in [6.45, 7) is 1.45. The second-order valence-corrected chi connectivity index (χ2v) is 3.77. The second-order valence-electron chi connectivity index (χ2n) is 3.77. The molecule has 0 radical (unpaired) electrons. The van der Waals surface area contributed by atoms with Crippen LogP contribution in [0.4, 0.5) is 4.39 Å². The average Bonchev–Trinajstić information content (AvgIpc) is 2.80. The highest BCUT2D eigenvalue weighted by molar-refractivity contribution is 5.25. The SMILES string of the molecule is NCc1cc(F)cnc1OCC1CCCO1. The lowest BCUT2D eigenvalue weighted by Gasteiger charge is -2.12. The van der Waals surface area contributed by atoms with Gasteiger partial charge >= 0.3 is 0 Å². The lowest BCUT2D eigenvalue weighted by Crippen LogP contribution is -2.18. The fourth-order valence-corrected chi connectivity index (χ4v) is 1.69. The van der Waals surface area contributed by atoms with Crippen LogP contribution in [0.25, 0.3) is 0 Å². The van der Waals surface area contributed by atoms with Crippen LogP contribution in [0.15, 0.2) is 12.3 Å². The van der Waals surface area contributed by atoms with Crippen molar-refractivity contribution in [1.29, 1.82) is 0 Å². The van der Waals surface area contributed by atoms with Crippen LogP contribution in [0, 0.1) is 5.82 Å². The number of nitrogens with zero attached hydrogens (tertiary/aromatic N) is 1. The van der Waals surface area contributed by atoms with E-state index in [2.05, 4.69) is 4.98 Å². The average molecular weight is 226 g/mol. The van der Waals surface area contributed by atoms with Gasteiger partial charge in [0.15, 0.2) is 0 Å². The standard InChI is InChI=1S/C11H15FN2O2/c12-9-4-8(5-13)11(14-6-9)16-7-10-2-1-3-15-10/h4,6,10H,1-3,5,7,13H2. The molecule has 88 valence electrons. The Morgan fingerprint density at radius 2 is 2.50 bits per heavy atom. The molecule has 4 nitrogen and oxygen atoms in total. The molecule has 0 bridgehead atoms. The molecule has 2 rings (SSSR count). The van der Waals surface area contributed by atoms with Crippen LogP contribution < -0.4 is 10.5 Å². The maximum Gasteiger partial charge on any atom is 0.218 e. The third kappa shape index (κ3) is 2.68. The fraction of sp³-hybridized carbons (Fsp3) is 0.545. The molecule has 5 heteroatoms.